The highest BCUT2D eigenvalue weighted by atomic mass is 79.9. The van der Waals surface area contributed by atoms with Crippen LogP contribution in [0, 0.1) is 6.92 Å². The van der Waals surface area contributed by atoms with Gasteiger partial charge in [0, 0.05) is 9.37 Å². The molecule has 2 heterocycles. The Bertz CT molecular complexity index is 919. The summed E-state index contributed by atoms with van der Waals surface area (Å²) in [5, 5.41) is 2.33. The SMILES string of the molecule is Cc1nc2sccc2c(=O)n1NC(=O)CSc1ccc(Br)cc1. The fraction of sp³-hybridized carbons (Fsp3) is 0.133. The molecule has 0 unspecified atom stereocenters. The number of fused-ring (bicyclic) bond motifs is 1. The maximum Gasteiger partial charge on any atom is 0.281 e. The van der Waals surface area contributed by atoms with Crippen molar-refractivity contribution in [1.82, 2.24) is 9.66 Å². The minimum atomic E-state index is -0.254. The average molecular weight is 410 g/mol. The normalized spacial score (nSPS) is 10.9. The molecule has 0 aliphatic heterocycles. The second-order valence-corrected chi connectivity index (χ2v) is 7.58. The molecule has 0 aliphatic rings. The van der Waals surface area contributed by atoms with Crippen LogP contribution in [0.5, 0.6) is 0 Å². The summed E-state index contributed by atoms with van der Waals surface area (Å²) in [5.41, 5.74) is 2.37. The predicted octanol–water partition coefficient (Wildman–Crippen LogP) is 3.39. The minimum absolute atomic E-state index is 0.217. The van der Waals surface area contributed by atoms with E-state index in [1.807, 2.05) is 29.6 Å². The number of nitrogens with one attached hydrogen (secondary N) is 1. The molecule has 1 N–H and O–H groups in total. The highest BCUT2D eigenvalue weighted by Crippen LogP contribution is 2.20. The predicted molar refractivity (Wildman–Crippen MR) is 97.9 cm³/mol. The van der Waals surface area contributed by atoms with E-state index in [1.165, 1.54) is 27.8 Å². The van der Waals surface area contributed by atoms with Gasteiger partial charge in [-0.25, -0.2) is 9.66 Å². The molecule has 3 aromatic rings. The molecule has 0 fully saturated rings. The largest absolute Gasteiger partial charge is 0.281 e. The van der Waals surface area contributed by atoms with Gasteiger partial charge in [-0.3, -0.25) is 15.0 Å². The molecule has 118 valence electrons. The molecule has 23 heavy (non-hydrogen) atoms. The second kappa shape index (κ2) is 6.86. The number of benzene rings is 1. The molecule has 8 heteroatoms. The first-order valence-electron chi connectivity index (χ1n) is 6.69. The lowest BCUT2D eigenvalue weighted by molar-refractivity contribution is -0.114. The number of thiophene rings is 1. The summed E-state index contributed by atoms with van der Waals surface area (Å²) in [6.07, 6.45) is 0. The molecular weight excluding hydrogens is 398 g/mol. The Morgan fingerprint density at radius 2 is 2.09 bits per heavy atom. The fourth-order valence-corrected chi connectivity index (χ4v) is 3.74. The minimum Gasteiger partial charge on any atom is -0.272 e. The number of hydrogen-bond acceptors (Lipinski definition) is 5. The number of carbonyl (C=O) groups is 1. The van der Waals surface area contributed by atoms with Crippen LogP contribution in [0.1, 0.15) is 5.82 Å². The molecule has 1 amide bonds. The van der Waals surface area contributed by atoms with Gasteiger partial charge in [0.05, 0.1) is 11.1 Å². The number of aromatic nitrogens is 2. The third-order valence-electron chi connectivity index (χ3n) is 3.09. The van der Waals surface area contributed by atoms with E-state index < -0.39 is 0 Å². The van der Waals surface area contributed by atoms with Gasteiger partial charge in [-0.05, 0) is 42.6 Å². The van der Waals surface area contributed by atoms with Crippen LogP contribution in [0.25, 0.3) is 10.2 Å². The number of amides is 1. The first-order chi connectivity index (χ1) is 11.0. The summed E-state index contributed by atoms with van der Waals surface area (Å²) < 4.78 is 2.20. The zero-order valence-corrected chi connectivity index (χ0v) is 15.3. The Morgan fingerprint density at radius 1 is 1.35 bits per heavy atom. The average Bonchev–Trinajstić information content (AvgIpc) is 2.99. The standard InChI is InChI=1S/C15H12BrN3O2S2/c1-9-17-14-12(6-7-22-14)15(21)19(9)18-13(20)8-23-11-4-2-10(16)3-5-11/h2-7H,8H2,1H3,(H,18,20). The lowest BCUT2D eigenvalue weighted by atomic mass is 10.4. The van der Waals surface area contributed by atoms with E-state index in [1.54, 1.807) is 13.0 Å². The molecule has 0 saturated heterocycles. The molecule has 1 aromatic carbocycles. The number of rotatable bonds is 4. The van der Waals surface area contributed by atoms with Crippen LogP contribution >= 0.6 is 39.0 Å². The lowest BCUT2D eigenvalue weighted by Gasteiger charge is -2.10. The lowest BCUT2D eigenvalue weighted by Crippen LogP contribution is -2.36. The molecule has 3 rings (SSSR count). The van der Waals surface area contributed by atoms with E-state index in [0.717, 1.165) is 9.37 Å². The Balaban J connectivity index is 1.72. The summed E-state index contributed by atoms with van der Waals surface area (Å²) >= 11 is 6.18. The van der Waals surface area contributed by atoms with Crippen molar-refractivity contribution in [2.75, 3.05) is 11.2 Å². The van der Waals surface area contributed by atoms with Gasteiger partial charge in [0.25, 0.3) is 5.56 Å². The van der Waals surface area contributed by atoms with E-state index in [-0.39, 0.29) is 17.2 Å². The molecule has 0 saturated carbocycles. The maximum absolute atomic E-state index is 12.4. The molecule has 5 nitrogen and oxygen atoms in total. The van der Waals surface area contributed by atoms with Gasteiger partial charge in [-0.2, -0.15) is 0 Å². The molecule has 0 atom stereocenters. The van der Waals surface area contributed by atoms with Crippen molar-refractivity contribution in [1.29, 1.82) is 0 Å². The third-order valence-corrected chi connectivity index (χ3v) is 5.43. The van der Waals surface area contributed by atoms with Gasteiger partial charge >= 0.3 is 0 Å². The van der Waals surface area contributed by atoms with Crippen LogP contribution in [0.15, 0.2) is 49.9 Å². The van der Waals surface area contributed by atoms with Crippen LogP contribution in [0.4, 0.5) is 0 Å². The van der Waals surface area contributed by atoms with E-state index >= 15 is 0 Å². The zero-order valence-electron chi connectivity index (χ0n) is 12.1. The number of aryl methyl sites for hydroxylation is 1. The van der Waals surface area contributed by atoms with E-state index in [9.17, 15) is 9.59 Å². The van der Waals surface area contributed by atoms with Crippen molar-refractivity contribution in [3.05, 3.63) is 56.4 Å². The first-order valence-corrected chi connectivity index (χ1v) is 9.35. The molecule has 0 spiro atoms. The van der Waals surface area contributed by atoms with Gasteiger partial charge in [-0.15, -0.1) is 23.1 Å². The van der Waals surface area contributed by atoms with Gasteiger partial charge in [0.1, 0.15) is 10.7 Å². The van der Waals surface area contributed by atoms with Crippen LogP contribution in [-0.4, -0.2) is 21.3 Å². The van der Waals surface area contributed by atoms with Gasteiger partial charge in [-0.1, -0.05) is 15.9 Å². The van der Waals surface area contributed by atoms with Crippen molar-refractivity contribution in [2.45, 2.75) is 11.8 Å². The molecule has 0 aliphatic carbocycles. The van der Waals surface area contributed by atoms with Crippen molar-refractivity contribution < 1.29 is 4.79 Å². The van der Waals surface area contributed by atoms with E-state index in [2.05, 4.69) is 26.3 Å². The highest BCUT2D eigenvalue weighted by molar-refractivity contribution is 9.10. The zero-order chi connectivity index (χ0) is 16.4. The van der Waals surface area contributed by atoms with Crippen LogP contribution in [0.2, 0.25) is 0 Å². The summed E-state index contributed by atoms with van der Waals surface area (Å²) in [5.74, 6) is 0.432. The Morgan fingerprint density at radius 3 is 2.83 bits per heavy atom. The Kier molecular flexibility index (Phi) is 4.84. The Hall–Kier alpha value is -1.64. The topological polar surface area (TPSA) is 64.0 Å². The quantitative estimate of drug-likeness (QED) is 0.670. The number of carbonyl (C=O) groups excluding carboxylic acids is 1. The van der Waals surface area contributed by atoms with Crippen LogP contribution < -0.4 is 11.0 Å². The Labute approximate surface area is 148 Å². The van der Waals surface area contributed by atoms with Crippen molar-refractivity contribution in [3.63, 3.8) is 0 Å². The summed E-state index contributed by atoms with van der Waals surface area (Å²) in [4.78, 5) is 30.5. The summed E-state index contributed by atoms with van der Waals surface area (Å²) in [6.45, 7) is 1.70. The maximum atomic E-state index is 12.4. The van der Waals surface area contributed by atoms with Gasteiger partial charge in [0.2, 0.25) is 5.91 Å². The molecule has 0 bridgehead atoms. The number of thioether (sulfide) groups is 1. The van der Waals surface area contributed by atoms with Crippen molar-refractivity contribution in [3.8, 4) is 0 Å². The summed E-state index contributed by atoms with van der Waals surface area (Å²) in [7, 11) is 0. The second-order valence-electron chi connectivity index (χ2n) is 4.72. The number of nitrogens with zero attached hydrogens (tertiary/aromatic N) is 2. The molecule has 0 radical (unpaired) electrons. The van der Waals surface area contributed by atoms with Crippen LogP contribution in [-0.2, 0) is 4.79 Å². The smallest absolute Gasteiger partial charge is 0.272 e. The van der Waals surface area contributed by atoms with Crippen LogP contribution in [0.3, 0.4) is 0 Å². The number of halogens is 1. The summed E-state index contributed by atoms with van der Waals surface area (Å²) in [6, 6.07) is 9.41. The van der Waals surface area contributed by atoms with Crippen molar-refractivity contribution in [2.24, 2.45) is 0 Å². The first kappa shape index (κ1) is 16.2. The monoisotopic (exact) mass is 409 g/mol. The van der Waals surface area contributed by atoms with Gasteiger partial charge in [0.15, 0.2) is 0 Å². The van der Waals surface area contributed by atoms with E-state index in [0.29, 0.717) is 16.0 Å². The van der Waals surface area contributed by atoms with E-state index in [4.69, 9.17) is 0 Å². The third kappa shape index (κ3) is 3.65. The fourth-order valence-electron chi connectivity index (χ4n) is 1.98. The highest BCUT2D eigenvalue weighted by Gasteiger charge is 2.11. The molecular formula is C15H12BrN3O2S2. The number of hydrogen-bond donors (Lipinski definition) is 1. The van der Waals surface area contributed by atoms with Crippen molar-refractivity contribution >= 4 is 55.2 Å². The van der Waals surface area contributed by atoms with Gasteiger partial charge < -0.3 is 0 Å². The molecule has 2 aromatic heterocycles.